The van der Waals surface area contributed by atoms with E-state index < -0.39 is 24.5 Å². The van der Waals surface area contributed by atoms with Crippen molar-refractivity contribution in [3.63, 3.8) is 0 Å². The second-order valence-corrected chi connectivity index (χ2v) is 6.51. The molecule has 27 heavy (non-hydrogen) atoms. The molecule has 3 heterocycles. The summed E-state index contributed by atoms with van der Waals surface area (Å²) in [6, 6.07) is 0. The maximum absolute atomic E-state index is 11.6. The van der Waals surface area contributed by atoms with E-state index in [0.29, 0.717) is 23.6 Å². The lowest BCUT2D eigenvalue weighted by atomic mass is 10.1. The van der Waals surface area contributed by atoms with Crippen LogP contribution in [0.4, 0.5) is 5.82 Å². The Morgan fingerprint density at radius 3 is 2.85 bits per heavy atom. The van der Waals surface area contributed by atoms with Crippen molar-refractivity contribution in [2.45, 2.75) is 38.4 Å². The molecule has 1 aliphatic heterocycles. The minimum atomic E-state index is -1.20. The number of anilines is 1. The monoisotopic (exact) mass is 380 g/mol. The quantitative estimate of drug-likeness (QED) is 0.523. The van der Waals surface area contributed by atoms with Gasteiger partial charge in [-0.05, 0) is 20.9 Å². The van der Waals surface area contributed by atoms with E-state index in [0.717, 1.165) is 0 Å². The van der Waals surface area contributed by atoms with Crippen LogP contribution in [0.3, 0.4) is 0 Å². The van der Waals surface area contributed by atoms with Crippen LogP contribution >= 0.6 is 0 Å². The average molecular weight is 380 g/mol. The number of imidazole rings is 1. The highest BCUT2D eigenvalue weighted by Crippen LogP contribution is 2.33. The van der Waals surface area contributed by atoms with Crippen LogP contribution < -0.4 is 5.73 Å². The predicted molar refractivity (Wildman–Crippen MR) is 94.5 cm³/mol. The van der Waals surface area contributed by atoms with Gasteiger partial charge in [-0.2, -0.15) is 0 Å². The lowest BCUT2D eigenvalue weighted by Crippen LogP contribution is -2.40. The summed E-state index contributed by atoms with van der Waals surface area (Å²) in [5.41, 5.74) is 6.65. The topological polar surface area (TPSA) is 149 Å². The zero-order valence-corrected chi connectivity index (χ0v) is 15.4. The highest BCUT2D eigenvalue weighted by Gasteiger charge is 2.45. The number of carbonyl (C=O) groups excluding carboxylic acids is 1. The number of aliphatic hydroxyl groups excluding tert-OH is 2. The molecule has 3 rings (SSSR count). The van der Waals surface area contributed by atoms with Gasteiger partial charge >= 0.3 is 5.97 Å². The van der Waals surface area contributed by atoms with Crippen molar-refractivity contribution in [1.29, 1.82) is 0 Å². The first kappa shape index (κ1) is 19.4. The number of likely N-dealkylation sites (N-methyl/N-ethyl adjacent to an activating group) is 1. The number of hydrogen-bond acceptors (Lipinski definition) is 10. The van der Waals surface area contributed by atoms with E-state index in [1.807, 2.05) is 0 Å². The van der Waals surface area contributed by atoms with E-state index in [-0.39, 0.29) is 24.9 Å². The molecule has 0 aliphatic carbocycles. The Morgan fingerprint density at radius 1 is 1.41 bits per heavy atom. The number of esters is 1. The minimum Gasteiger partial charge on any atom is -0.465 e. The summed E-state index contributed by atoms with van der Waals surface area (Å²) < 4.78 is 12.4. The SMILES string of the molecule is CCOC(=O)CN(C)C[C@H]1O[C@@H](n2c(C)nc3c(N)ncnc32)C(O)C1O. The molecule has 148 valence electrons. The van der Waals surface area contributed by atoms with Crippen LogP contribution in [0.15, 0.2) is 6.33 Å². The molecular formula is C16H24N6O5. The van der Waals surface area contributed by atoms with E-state index in [1.165, 1.54) is 6.33 Å². The third-order valence-electron chi connectivity index (χ3n) is 4.47. The van der Waals surface area contributed by atoms with Crippen LogP contribution in [-0.4, -0.2) is 85.7 Å². The van der Waals surface area contributed by atoms with Crippen molar-refractivity contribution >= 4 is 23.0 Å². The molecule has 2 aromatic heterocycles. The maximum atomic E-state index is 11.6. The van der Waals surface area contributed by atoms with Crippen LogP contribution in [0.5, 0.6) is 0 Å². The fourth-order valence-electron chi connectivity index (χ4n) is 3.23. The molecule has 11 nitrogen and oxygen atoms in total. The minimum absolute atomic E-state index is 0.0535. The largest absolute Gasteiger partial charge is 0.465 e. The van der Waals surface area contributed by atoms with Gasteiger partial charge in [0.25, 0.3) is 0 Å². The van der Waals surface area contributed by atoms with Gasteiger partial charge in [-0.25, -0.2) is 15.0 Å². The molecule has 0 radical (unpaired) electrons. The highest BCUT2D eigenvalue weighted by molar-refractivity contribution is 5.81. The van der Waals surface area contributed by atoms with E-state index >= 15 is 0 Å². The number of nitrogen functional groups attached to an aromatic ring is 1. The van der Waals surface area contributed by atoms with Crippen molar-refractivity contribution < 1.29 is 24.5 Å². The molecule has 0 spiro atoms. The second kappa shape index (κ2) is 7.72. The highest BCUT2D eigenvalue weighted by atomic mass is 16.6. The lowest BCUT2D eigenvalue weighted by Gasteiger charge is -2.22. The number of rotatable bonds is 6. The Balaban J connectivity index is 1.79. The Hall–Kier alpha value is -2.34. The van der Waals surface area contributed by atoms with Crippen LogP contribution in [0.25, 0.3) is 11.2 Å². The summed E-state index contributed by atoms with van der Waals surface area (Å²) in [6.45, 7) is 4.04. The molecule has 4 N–H and O–H groups in total. The zero-order valence-electron chi connectivity index (χ0n) is 15.4. The molecule has 2 unspecified atom stereocenters. The number of nitrogens with zero attached hydrogens (tertiary/aromatic N) is 5. The number of nitrogens with two attached hydrogens (primary N) is 1. The Morgan fingerprint density at radius 2 is 2.15 bits per heavy atom. The Labute approximate surface area is 155 Å². The predicted octanol–water partition coefficient (Wildman–Crippen LogP) is -1.17. The summed E-state index contributed by atoms with van der Waals surface area (Å²) in [6.07, 6.45) is -2.63. The van der Waals surface area contributed by atoms with Gasteiger partial charge in [0.05, 0.1) is 13.2 Å². The van der Waals surface area contributed by atoms with Gasteiger partial charge in [-0.1, -0.05) is 0 Å². The molecule has 2 aromatic rings. The van der Waals surface area contributed by atoms with Gasteiger partial charge in [0, 0.05) is 6.54 Å². The van der Waals surface area contributed by atoms with Gasteiger partial charge in [0.2, 0.25) is 0 Å². The third kappa shape index (κ3) is 3.72. The molecule has 0 saturated carbocycles. The van der Waals surface area contributed by atoms with Crippen LogP contribution in [-0.2, 0) is 14.3 Å². The number of ether oxygens (including phenoxy) is 2. The summed E-state index contributed by atoms with van der Waals surface area (Å²) in [5.74, 6) is 0.378. The fraction of sp³-hybridized carbons (Fsp3) is 0.625. The maximum Gasteiger partial charge on any atom is 0.320 e. The van der Waals surface area contributed by atoms with Crippen molar-refractivity contribution in [3.05, 3.63) is 12.2 Å². The smallest absolute Gasteiger partial charge is 0.320 e. The first-order valence-corrected chi connectivity index (χ1v) is 8.64. The van der Waals surface area contributed by atoms with Crippen molar-refractivity contribution in [2.75, 3.05) is 32.5 Å². The van der Waals surface area contributed by atoms with Gasteiger partial charge < -0.3 is 25.4 Å². The van der Waals surface area contributed by atoms with Gasteiger partial charge in [0.1, 0.15) is 30.5 Å². The molecular weight excluding hydrogens is 356 g/mol. The van der Waals surface area contributed by atoms with Crippen molar-refractivity contribution in [3.8, 4) is 0 Å². The molecule has 0 aromatic carbocycles. The van der Waals surface area contributed by atoms with Gasteiger partial charge in [-0.3, -0.25) is 14.3 Å². The van der Waals surface area contributed by atoms with Crippen molar-refractivity contribution in [1.82, 2.24) is 24.4 Å². The summed E-state index contributed by atoms with van der Waals surface area (Å²) in [4.78, 5) is 25.7. The second-order valence-electron chi connectivity index (χ2n) is 6.51. The van der Waals surface area contributed by atoms with Gasteiger partial charge in [-0.15, -0.1) is 0 Å². The number of carbonyl (C=O) groups is 1. The standard InChI is InChI=1S/C16H24N6O5/c1-4-26-10(23)6-21(3)5-9-12(24)13(25)16(27-9)22-8(2)20-11-14(17)18-7-19-15(11)22/h7,9,12-13,16,24-25H,4-6H2,1-3H3,(H2,17,18,19)/t9-,12?,13?,16-/m1/s1. The molecule has 0 amide bonds. The number of aromatic nitrogens is 4. The van der Waals surface area contributed by atoms with E-state index in [2.05, 4.69) is 15.0 Å². The Bertz CT molecular complexity index is 827. The first-order valence-electron chi connectivity index (χ1n) is 8.64. The van der Waals surface area contributed by atoms with Crippen molar-refractivity contribution in [2.24, 2.45) is 0 Å². The first-order chi connectivity index (χ1) is 12.8. The van der Waals surface area contributed by atoms with Crippen LogP contribution in [0, 0.1) is 6.92 Å². The van der Waals surface area contributed by atoms with Gasteiger partial charge in [0.15, 0.2) is 23.2 Å². The number of hydrogen-bond donors (Lipinski definition) is 3. The molecule has 0 bridgehead atoms. The summed E-state index contributed by atoms with van der Waals surface area (Å²) in [5, 5.41) is 20.9. The normalized spacial score (nSPS) is 25.4. The lowest BCUT2D eigenvalue weighted by molar-refractivity contribution is -0.144. The Kier molecular flexibility index (Phi) is 5.56. The van der Waals surface area contributed by atoms with E-state index in [4.69, 9.17) is 15.2 Å². The molecule has 4 atom stereocenters. The number of aryl methyl sites for hydroxylation is 1. The van der Waals surface area contributed by atoms with Crippen LogP contribution in [0.1, 0.15) is 19.0 Å². The average Bonchev–Trinajstić information content (AvgIpc) is 3.07. The van der Waals surface area contributed by atoms with E-state index in [1.54, 1.807) is 30.4 Å². The number of aliphatic hydroxyl groups is 2. The summed E-state index contributed by atoms with van der Waals surface area (Å²) in [7, 11) is 1.71. The zero-order chi connectivity index (χ0) is 19.7. The summed E-state index contributed by atoms with van der Waals surface area (Å²) >= 11 is 0. The third-order valence-corrected chi connectivity index (χ3v) is 4.47. The fourth-order valence-corrected chi connectivity index (χ4v) is 3.23. The van der Waals surface area contributed by atoms with E-state index in [9.17, 15) is 15.0 Å². The molecule has 1 fully saturated rings. The molecule has 11 heteroatoms. The number of fused-ring (bicyclic) bond motifs is 1. The molecule has 1 aliphatic rings. The molecule has 1 saturated heterocycles. The van der Waals surface area contributed by atoms with Crippen LogP contribution in [0.2, 0.25) is 0 Å².